The molecule has 5 aromatic carbocycles. The fourth-order valence-corrected chi connectivity index (χ4v) is 3.74. The molecule has 0 aromatic heterocycles. The van der Waals surface area contributed by atoms with Gasteiger partial charge in [0.2, 0.25) is 0 Å². The minimum Gasteiger partial charge on any atom is -0.289 e. The van der Waals surface area contributed by atoms with E-state index in [1.807, 2.05) is 18.2 Å². The molecule has 0 spiro atoms. The van der Waals surface area contributed by atoms with Crippen LogP contribution in [-0.2, 0) is 5.11 Å². The molecule has 1 heteroatoms. The van der Waals surface area contributed by atoms with Crippen LogP contribution in [0.1, 0.15) is 0 Å². The number of fused-ring (bicyclic) bond motifs is 8. The van der Waals surface area contributed by atoms with Crippen LogP contribution in [0.4, 0.5) is 0 Å². The van der Waals surface area contributed by atoms with Crippen molar-refractivity contribution in [1.29, 1.82) is 0 Å². The van der Waals surface area contributed by atoms with Crippen molar-refractivity contribution in [3.8, 4) is 5.75 Å². The van der Waals surface area contributed by atoms with E-state index in [0.29, 0.717) is 0 Å². The Hall–Kier alpha value is -3.06. The molecule has 23 heavy (non-hydrogen) atoms. The minimum absolute atomic E-state index is 0.0914. The first-order valence-electron chi connectivity index (χ1n) is 7.76. The summed E-state index contributed by atoms with van der Waals surface area (Å²) in [5.74, 6) is 0.0914. The van der Waals surface area contributed by atoms with Gasteiger partial charge in [0, 0.05) is 5.39 Å². The Morgan fingerprint density at radius 3 is 1.78 bits per heavy atom. The molecular weight excluding hydrogens is 280 g/mol. The van der Waals surface area contributed by atoms with Gasteiger partial charge in [-0.2, -0.15) is 0 Å². The van der Waals surface area contributed by atoms with E-state index in [1.165, 1.54) is 16.2 Å². The number of rotatable bonds is 0. The van der Waals surface area contributed by atoms with E-state index in [1.54, 1.807) is 6.07 Å². The van der Waals surface area contributed by atoms with Gasteiger partial charge in [-0.15, -0.1) is 0 Å². The topological polar surface area (TPSA) is 19.9 Å². The molecule has 0 saturated heterocycles. The van der Waals surface area contributed by atoms with Crippen LogP contribution in [0.25, 0.3) is 43.1 Å². The molecule has 0 aliphatic heterocycles. The summed E-state index contributed by atoms with van der Waals surface area (Å²) in [7, 11) is 0. The molecular formula is C22H13O. The lowest BCUT2D eigenvalue weighted by Crippen LogP contribution is -1.85. The first-order valence-corrected chi connectivity index (χ1v) is 7.76. The highest BCUT2D eigenvalue weighted by Crippen LogP contribution is 2.41. The quantitative estimate of drug-likeness (QED) is 0.293. The third-order valence-corrected chi connectivity index (χ3v) is 4.71. The van der Waals surface area contributed by atoms with Crippen LogP contribution in [0.15, 0.2) is 78.9 Å². The number of benzene rings is 5. The van der Waals surface area contributed by atoms with Crippen molar-refractivity contribution in [1.82, 2.24) is 0 Å². The minimum atomic E-state index is 0.0914. The maximum absolute atomic E-state index is 12.5. The number of hydrogen-bond acceptors (Lipinski definition) is 0. The second kappa shape index (κ2) is 4.47. The van der Waals surface area contributed by atoms with Gasteiger partial charge in [-0.1, -0.05) is 72.8 Å². The average Bonchev–Trinajstić information content (AvgIpc) is 2.61. The van der Waals surface area contributed by atoms with Crippen molar-refractivity contribution < 1.29 is 5.11 Å². The Kier molecular flexibility index (Phi) is 2.42. The Bertz CT molecular complexity index is 1190. The summed E-state index contributed by atoms with van der Waals surface area (Å²) in [5, 5.41) is 21.4. The molecule has 0 heterocycles. The van der Waals surface area contributed by atoms with Crippen LogP contribution in [0, 0.1) is 0 Å². The van der Waals surface area contributed by atoms with Gasteiger partial charge >= 0.3 is 0 Å². The highest BCUT2D eigenvalue weighted by atomic mass is 16.3. The summed E-state index contributed by atoms with van der Waals surface area (Å²) in [6, 6.07) is 26.5. The highest BCUT2D eigenvalue weighted by Gasteiger charge is 2.13. The van der Waals surface area contributed by atoms with Gasteiger partial charge in [-0.05, 0) is 43.8 Å². The molecule has 5 rings (SSSR count). The molecule has 0 N–H and O–H groups in total. The normalized spacial score (nSPS) is 11.7. The fourth-order valence-electron chi connectivity index (χ4n) is 3.74. The zero-order valence-electron chi connectivity index (χ0n) is 12.4. The predicted octanol–water partition coefficient (Wildman–Crippen LogP) is 6.44. The maximum Gasteiger partial charge on any atom is 0.187 e. The van der Waals surface area contributed by atoms with Crippen molar-refractivity contribution >= 4 is 43.1 Å². The Labute approximate surface area is 133 Å². The van der Waals surface area contributed by atoms with Crippen LogP contribution >= 0.6 is 0 Å². The van der Waals surface area contributed by atoms with Crippen molar-refractivity contribution in [2.24, 2.45) is 0 Å². The molecule has 1 nitrogen and oxygen atoms in total. The monoisotopic (exact) mass is 293 g/mol. The van der Waals surface area contributed by atoms with E-state index in [9.17, 15) is 5.11 Å². The lowest BCUT2D eigenvalue weighted by molar-refractivity contribution is 0.360. The van der Waals surface area contributed by atoms with E-state index in [4.69, 9.17) is 0 Å². The first-order chi connectivity index (χ1) is 11.3. The fraction of sp³-hybridized carbons (Fsp3) is 0. The van der Waals surface area contributed by atoms with Crippen molar-refractivity contribution in [3.63, 3.8) is 0 Å². The second-order valence-electron chi connectivity index (χ2n) is 5.93. The Morgan fingerprint density at radius 1 is 0.435 bits per heavy atom. The first kappa shape index (κ1) is 12.5. The van der Waals surface area contributed by atoms with Gasteiger partial charge in [-0.25, -0.2) is 0 Å². The van der Waals surface area contributed by atoms with Crippen LogP contribution in [-0.4, -0.2) is 0 Å². The van der Waals surface area contributed by atoms with Gasteiger partial charge in [0.05, 0.1) is 0 Å². The summed E-state index contributed by atoms with van der Waals surface area (Å²) in [6.07, 6.45) is 0. The standard InChI is InChI=1S/C22H13O/c23-20-11-5-10-18-19-13-12-14-6-1-2-7-15(14)21(19)16-8-3-4-9-17(16)22(18)20/h1-13H. The lowest BCUT2D eigenvalue weighted by atomic mass is 9.91. The molecule has 0 atom stereocenters. The van der Waals surface area contributed by atoms with E-state index in [-0.39, 0.29) is 5.75 Å². The van der Waals surface area contributed by atoms with Gasteiger partial charge < -0.3 is 0 Å². The lowest BCUT2D eigenvalue weighted by Gasteiger charge is -2.12. The number of hydrogen-bond donors (Lipinski definition) is 0. The summed E-state index contributed by atoms with van der Waals surface area (Å²) >= 11 is 0. The van der Waals surface area contributed by atoms with E-state index >= 15 is 0 Å². The zero-order chi connectivity index (χ0) is 15.4. The van der Waals surface area contributed by atoms with Gasteiger partial charge in [0.1, 0.15) is 0 Å². The molecule has 0 fully saturated rings. The van der Waals surface area contributed by atoms with Crippen molar-refractivity contribution in [2.75, 3.05) is 0 Å². The SMILES string of the molecule is [O]c1cccc2c3ccc4ccccc4c3c3ccccc3c12. The maximum atomic E-state index is 12.5. The second-order valence-corrected chi connectivity index (χ2v) is 5.93. The Morgan fingerprint density at radius 2 is 1.00 bits per heavy atom. The van der Waals surface area contributed by atoms with Gasteiger partial charge in [0.25, 0.3) is 0 Å². The van der Waals surface area contributed by atoms with Gasteiger partial charge in [0.15, 0.2) is 5.75 Å². The molecule has 0 aliphatic carbocycles. The molecule has 0 saturated carbocycles. The molecule has 0 aliphatic rings. The Balaban J connectivity index is 2.24. The van der Waals surface area contributed by atoms with Crippen molar-refractivity contribution in [2.45, 2.75) is 0 Å². The molecule has 0 amide bonds. The van der Waals surface area contributed by atoms with Crippen LogP contribution in [0.5, 0.6) is 5.75 Å². The third kappa shape index (κ3) is 1.62. The van der Waals surface area contributed by atoms with Crippen LogP contribution in [0.2, 0.25) is 0 Å². The summed E-state index contributed by atoms with van der Waals surface area (Å²) in [4.78, 5) is 0. The van der Waals surface area contributed by atoms with Gasteiger partial charge in [-0.3, -0.25) is 5.11 Å². The van der Waals surface area contributed by atoms with Crippen molar-refractivity contribution in [3.05, 3.63) is 78.9 Å². The summed E-state index contributed by atoms with van der Waals surface area (Å²) in [5.41, 5.74) is 0. The largest absolute Gasteiger partial charge is 0.289 e. The highest BCUT2D eigenvalue weighted by molar-refractivity contribution is 6.32. The zero-order valence-corrected chi connectivity index (χ0v) is 12.4. The van der Waals surface area contributed by atoms with E-state index in [2.05, 4.69) is 54.6 Å². The molecule has 1 radical (unpaired) electrons. The van der Waals surface area contributed by atoms with Crippen LogP contribution in [0.3, 0.4) is 0 Å². The third-order valence-electron chi connectivity index (χ3n) is 4.71. The molecule has 0 unspecified atom stereocenters. The molecule has 5 aromatic rings. The predicted molar refractivity (Wildman–Crippen MR) is 96.6 cm³/mol. The summed E-state index contributed by atoms with van der Waals surface area (Å²) < 4.78 is 0. The van der Waals surface area contributed by atoms with E-state index < -0.39 is 0 Å². The molecule has 107 valence electrons. The average molecular weight is 293 g/mol. The van der Waals surface area contributed by atoms with E-state index in [0.717, 1.165) is 26.9 Å². The van der Waals surface area contributed by atoms with Crippen LogP contribution < -0.4 is 0 Å². The summed E-state index contributed by atoms with van der Waals surface area (Å²) in [6.45, 7) is 0. The molecule has 0 bridgehead atoms. The smallest absolute Gasteiger partial charge is 0.187 e.